The Hall–Kier alpha value is -2.44. The zero-order valence-electron chi connectivity index (χ0n) is 13.1. The number of rotatable bonds is 11. The number of Topliss-reactive ketones (excluding diaryl/α,β-unsaturated/α-hetero) is 1. The molecule has 0 atom stereocenters. The van der Waals surface area contributed by atoms with Gasteiger partial charge in [-0.15, -0.1) is 0 Å². The fourth-order valence-electron chi connectivity index (χ4n) is 2.12. The molecule has 0 bridgehead atoms. The van der Waals surface area contributed by atoms with Gasteiger partial charge < -0.3 is 13.9 Å². The van der Waals surface area contributed by atoms with Gasteiger partial charge in [0.1, 0.15) is 5.78 Å². The van der Waals surface area contributed by atoms with Crippen molar-refractivity contribution in [1.82, 2.24) is 19.1 Å². The Kier molecular flexibility index (Phi) is 7.03. The first-order valence-corrected chi connectivity index (χ1v) is 7.83. The van der Waals surface area contributed by atoms with Crippen molar-refractivity contribution in [3.05, 3.63) is 37.4 Å². The standard InChI is InChI=1S/C16H22N4O3/c21-15(4-8-19-10-6-17-13-19)3-1-2-12-23-16(22)5-9-20-11-7-18-14-20/h6-7,10-11,13-14H,1-5,8-9,12H2. The van der Waals surface area contributed by atoms with Crippen molar-refractivity contribution < 1.29 is 14.3 Å². The van der Waals surface area contributed by atoms with Crippen molar-refractivity contribution in [2.24, 2.45) is 0 Å². The molecule has 0 saturated heterocycles. The number of carbonyl (C=O) groups excluding carboxylic acids is 2. The number of esters is 1. The summed E-state index contributed by atoms with van der Waals surface area (Å²) in [6, 6.07) is 0. The topological polar surface area (TPSA) is 79.0 Å². The molecule has 0 aliphatic rings. The van der Waals surface area contributed by atoms with E-state index in [1.54, 1.807) is 25.0 Å². The molecule has 7 nitrogen and oxygen atoms in total. The lowest BCUT2D eigenvalue weighted by Crippen LogP contribution is -2.10. The first kappa shape index (κ1) is 16.9. The Labute approximate surface area is 135 Å². The number of imidazole rings is 2. The summed E-state index contributed by atoms with van der Waals surface area (Å²) in [5.74, 6) is 0.00951. The second kappa shape index (κ2) is 9.55. The number of aromatic nitrogens is 4. The number of unbranched alkanes of at least 4 members (excludes halogenated alkanes) is 1. The maximum atomic E-state index is 11.7. The van der Waals surface area contributed by atoms with E-state index >= 15 is 0 Å². The van der Waals surface area contributed by atoms with Gasteiger partial charge in [0.2, 0.25) is 0 Å². The van der Waals surface area contributed by atoms with Crippen molar-refractivity contribution in [3.8, 4) is 0 Å². The normalized spacial score (nSPS) is 10.6. The molecule has 0 radical (unpaired) electrons. The molecule has 23 heavy (non-hydrogen) atoms. The molecule has 2 heterocycles. The highest BCUT2D eigenvalue weighted by atomic mass is 16.5. The highest BCUT2D eigenvalue weighted by Crippen LogP contribution is 2.03. The summed E-state index contributed by atoms with van der Waals surface area (Å²) in [5, 5.41) is 0. The molecule has 0 aliphatic heterocycles. The predicted molar refractivity (Wildman–Crippen MR) is 83.5 cm³/mol. The lowest BCUT2D eigenvalue weighted by Gasteiger charge is -2.05. The number of hydrogen-bond donors (Lipinski definition) is 0. The molecule has 0 N–H and O–H groups in total. The summed E-state index contributed by atoms with van der Waals surface area (Å²) in [4.78, 5) is 31.1. The van der Waals surface area contributed by atoms with Crippen LogP contribution >= 0.6 is 0 Å². The molecule has 0 saturated carbocycles. The SMILES string of the molecule is O=C(CCCCOC(=O)CCn1ccnc1)CCn1ccnc1. The third kappa shape index (κ3) is 6.90. The van der Waals surface area contributed by atoms with Crippen LogP contribution in [0.3, 0.4) is 0 Å². The van der Waals surface area contributed by atoms with Gasteiger partial charge >= 0.3 is 5.97 Å². The summed E-state index contributed by atoms with van der Waals surface area (Å²) in [5.41, 5.74) is 0. The van der Waals surface area contributed by atoms with E-state index in [1.165, 1.54) is 0 Å². The van der Waals surface area contributed by atoms with Gasteiger partial charge in [-0.25, -0.2) is 9.97 Å². The van der Waals surface area contributed by atoms with Crippen LogP contribution in [0.4, 0.5) is 0 Å². The fourth-order valence-corrected chi connectivity index (χ4v) is 2.12. The van der Waals surface area contributed by atoms with E-state index in [9.17, 15) is 9.59 Å². The van der Waals surface area contributed by atoms with Crippen LogP contribution in [0.25, 0.3) is 0 Å². The monoisotopic (exact) mass is 318 g/mol. The number of ketones is 1. The number of aryl methyl sites for hydroxylation is 2. The van der Waals surface area contributed by atoms with E-state index in [0.717, 1.165) is 6.42 Å². The third-order valence-corrected chi connectivity index (χ3v) is 3.45. The maximum absolute atomic E-state index is 11.7. The average molecular weight is 318 g/mol. The van der Waals surface area contributed by atoms with Crippen LogP contribution in [-0.4, -0.2) is 37.5 Å². The molecule has 0 fully saturated rings. The van der Waals surface area contributed by atoms with Gasteiger partial charge in [-0.05, 0) is 12.8 Å². The molecule has 2 aromatic rings. The van der Waals surface area contributed by atoms with Crippen molar-refractivity contribution in [2.75, 3.05) is 6.61 Å². The fraction of sp³-hybridized carbons (Fsp3) is 0.500. The molecule has 2 rings (SSSR count). The molecular weight excluding hydrogens is 296 g/mol. The van der Waals surface area contributed by atoms with E-state index in [0.29, 0.717) is 45.4 Å². The Morgan fingerprint density at radius 2 is 1.52 bits per heavy atom. The summed E-state index contributed by atoms with van der Waals surface area (Å²) in [6.07, 6.45) is 13.2. The van der Waals surface area contributed by atoms with Crippen molar-refractivity contribution >= 4 is 11.8 Å². The van der Waals surface area contributed by atoms with Crippen molar-refractivity contribution in [2.45, 2.75) is 45.2 Å². The van der Waals surface area contributed by atoms with Gasteiger partial charge in [0.25, 0.3) is 0 Å². The summed E-state index contributed by atoms with van der Waals surface area (Å²) in [7, 11) is 0. The predicted octanol–water partition coefficient (Wildman–Crippen LogP) is 1.84. The van der Waals surface area contributed by atoms with E-state index in [-0.39, 0.29) is 11.8 Å². The van der Waals surface area contributed by atoms with Crippen LogP contribution in [0.1, 0.15) is 32.1 Å². The number of carbonyl (C=O) groups is 2. The van der Waals surface area contributed by atoms with E-state index in [4.69, 9.17) is 4.74 Å². The summed E-state index contributed by atoms with van der Waals surface area (Å²) in [6.45, 7) is 1.62. The highest BCUT2D eigenvalue weighted by Gasteiger charge is 2.05. The highest BCUT2D eigenvalue weighted by molar-refractivity contribution is 5.78. The van der Waals surface area contributed by atoms with Crippen LogP contribution in [0.15, 0.2) is 37.4 Å². The minimum Gasteiger partial charge on any atom is -0.466 e. The Morgan fingerprint density at radius 3 is 2.13 bits per heavy atom. The van der Waals surface area contributed by atoms with Crippen LogP contribution in [0, 0.1) is 0 Å². The first-order chi connectivity index (χ1) is 11.2. The second-order valence-corrected chi connectivity index (χ2v) is 5.32. The number of hydrogen-bond acceptors (Lipinski definition) is 5. The van der Waals surface area contributed by atoms with Crippen LogP contribution in [0.5, 0.6) is 0 Å². The van der Waals surface area contributed by atoms with Crippen molar-refractivity contribution in [1.29, 1.82) is 0 Å². The van der Waals surface area contributed by atoms with Crippen LogP contribution < -0.4 is 0 Å². The smallest absolute Gasteiger partial charge is 0.307 e. The zero-order chi connectivity index (χ0) is 16.3. The molecule has 0 aliphatic carbocycles. The van der Waals surface area contributed by atoms with Crippen LogP contribution in [0.2, 0.25) is 0 Å². The molecule has 7 heteroatoms. The van der Waals surface area contributed by atoms with E-state index in [1.807, 2.05) is 21.5 Å². The lowest BCUT2D eigenvalue weighted by molar-refractivity contribution is -0.144. The molecular formula is C16H22N4O3. The average Bonchev–Trinajstić information content (AvgIpc) is 3.24. The largest absolute Gasteiger partial charge is 0.466 e. The van der Waals surface area contributed by atoms with Gasteiger partial charge in [0.15, 0.2) is 0 Å². The van der Waals surface area contributed by atoms with Gasteiger partial charge in [-0.2, -0.15) is 0 Å². The molecule has 0 aromatic carbocycles. The molecule has 2 aromatic heterocycles. The number of nitrogens with zero attached hydrogens (tertiary/aromatic N) is 4. The quantitative estimate of drug-likeness (QED) is 0.466. The molecule has 0 amide bonds. The lowest BCUT2D eigenvalue weighted by atomic mass is 10.1. The number of ether oxygens (including phenoxy) is 1. The Morgan fingerprint density at radius 1 is 0.870 bits per heavy atom. The second-order valence-electron chi connectivity index (χ2n) is 5.32. The van der Waals surface area contributed by atoms with E-state index in [2.05, 4.69) is 9.97 Å². The van der Waals surface area contributed by atoms with Gasteiger partial charge in [-0.1, -0.05) is 0 Å². The van der Waals surface area contributed by atoms with E-state index < -0.39 is 0 Å². The molecule has 0 spiro atoms. The minimum absolute atomic E-state index is 0.217. The molecule has 124 valence electrons. The Bertz CT molecular complexity index is 526. The summed E-state index contributed by atoms with van der Waals surface area (Å²) < 4.78 is 8.87. The van der Waals surface area contributed by atoms with Gasteiger partial charge in [-0.3, -0.25) is 9.59 Å². The van der Waals surface area contributed by atoms with Gasteiger partial charge in [0, 0.05) is 50.7 Å². The Balaban J connectivity index is 1.45. The van der Waals surface area contributed by atoms with Gasteiger partial charge in [0.05, 0.1) is 25.7 Å². The third-order valence-electron chi connectivity index (χ3n) is 3.45. The maximum Gasteiger partial charge on any atom is 0.307 e. The molecule has 0 unspecified atom stereocenters. The zero-order valence-corrected chi connectivity index (χ0v) is 13.1. The summed E-state index contributed by atoms with van der Waals surface area (Å²) >= 11 is 0. The minimum atomic E-state index is -0.217. The van der Waals surface area contributed by atoms with Crippen molar-refractivity contribution in [3.63, 3.8) is 0 Å². The van der Waals surface area contributed by atoms with Crippen LogP contribution in [-0.2, 0) is 27.4 Å². The first-order valence-electron chi connectivity index (χ1n) is 7.83.